The summed E-state index contributed by atoms with van der Waals surface area (Å²) in [6.45, 7) is 0. The minimum absolute atomic E-state index is 0.259. The van der Waals surface area contributed by atoms with Crippen LogP contribution in [-0.2, 0) is 0 Å². The molecule has 0 bridgehead atoms. The van der Waals surface area contributed by atoms with E-state index < -0.39 is 5.82 Å². The van der Waals surface area contributed by atoms with Crippen LogP contribution in [0.5, 0.6) is 0 Å². The Bertz CT molecular complexity index is 1120. The quantitative estimate of drug-likeness (QED) is 0.521. The number of furan rings is 1. The van der Waals surface area contributed by atoms with Gasteiger partial charge in [-0.1, -0.05) is 11.3 Å². The first-order valence-corrected chi connectivity index (χ1v) is 9.06. The molecule has 0 aliphatic carbocycles. The Morgan fingerprint density at radius 2 is 1.79 bits per heavy atom. The van der Waals surface area contributed by atoms with Crippen LogP contribution in [0.1, 0.15) is 25.6 Å². The van der Waals surface area contributed by atoms with Gasteiger partial charge >= 0.3 is 0 Å². The van der Waals surface area contributed by atoms with Crippen molar-refractivity contribution >= 4 is 28.2 Å². The van der Waals surface area contributed by atoms with Gasteiger partial charge in [-0.15, -0.1) is 0 Å². The van der Waals surface area contributed by atoms with Crippen molar-refractivity contribution in [3.8, 4) is 11.5 Å². The molecule has 0 saturated carbocycles. The highest BCUT2D eigenvalue weighted by atomic mass is 32.1. The third-order valence-electron chi connectivity index (χ3n) is 3.90. The van der Waals surface area contributed by atoms with Crippen LogP contribution in [0.3, 0.4) is 0 Å². The lowest BCUT2D eigenvalue weighted by Crippen LogP contribution is -2.13. The van der Waals surface area contributed by atoms with Crippen molar-refractivity contribution in [3.63, 3.8) is 0 Å². The first-order chi connectivity index (χ1) is 13.6. The highest BCUT2D eigenvalue weighted by molar-refractivity contribution is 7.18. The van der Waals surface area contributed by atoms with Crippen LogP contribution < -0.4 is 10.3 Å². The number of rotatable bonds is 5. The molecule has 3 heterocycles. The molecule has 4 aromatic rings. The Balaban J connectivity index is 1.70. The summed E-state index contributed by atoms with van der Waals surface area (Å²) in [6.07, 6.45) is 4.74. The molecule has 8 heteroatoms. The average Bonchev–Trinajstić information content (AvgIpc) is 3.38. The van der Waals surface area contributed by atoms with Crippen molar-refractivity contribution in [2.45, 2.75) is 0 Å². The number of carbonyl (C=O) groups is 2. The second kappa shape index (κ2) is 7.53. The maximum absolute atomic E-state index is 13.2. The largest absolute Gasteiger partial charge is 0.463 e. The highest BCUT2D eigenvalue weighted by Crippen LogP contribution is 2.33. The number of ketones is 1. The molecule has 0 unspecified atom stereocenters. The van der Waals surface area contributed by atoms with E-state index in [-0.39, 0.29) is 16.8 Å². The normalized spacial score (nSPS) is 10.6. The van der Waals surface area contributed by atoms with Crippen molar-refractivity contribution in [2.75, 3.05) is 5.32 Å². The standard InChI is InChI=1S/C20H12FN3O3S/c21-14-5-3-12(4-6-14)17(25)18-16(15-2-1-11-27-15)23-20(28-18)24-19(26)13-7-9-22-10-8-13/h1-11H,(H,23,24,26)/p+1. The van der Waals surface area contributed by atoms with E-state index in [9.17, 15) is 14.0 Å². The number of nitrogens with one attached hydrogen (secondary N) is 2. The number of H-pyrrole nitrogens is 1. The number of hydrogen-bond acceptors (Lipinski definition) is 5. The minimum atomic E-state index is -0.430. The van der Waals surface area contributed by atoms with E-state index in [1.54, 1.807) is 36.7 Å². The van der Waals surface area contributed by atoms with Crippen molar-refractivity contribution < 1.29 is 23.4 Å². The fourth-order valence-electron chi connectivity index (χ4n) is 2.55. The van der Waals surface area contributed by atoms with Crippen LogP contribution in [-0.4, -0.2) is 16.7 Å². The van der Waals surface area contributed by atoms with E-state index in [4.69, 9.17) is 4.42 Å². The van der Waals surface area contributed by atoms with Crippen LogP contribution in [0.4, 0.5) is 9.52 Å². The maximum Gasteiger partial charge on any atom is 0.257 e. The lowest BCUT2D eigenvalue weighted by molar-refractivity contribution is -0.378. The molecule has 28 heavy (non-hydrogen) atoms. The lowest BCUT2D eigenvalue weighted by atomic mass is 10.1. The van der Waals surface area contributed by atoms with Gasteiger partial charge < -0.3 is 4.42 Å². The molecule has 0 aliphatic heterocycles. The Hall–Kier alpha value is -3.65. The number of nitrogens with zero attached hydrogens (tertiary/aromatic N) is 1. The zero-order valence-electron chi connectivity index (χ0n) is 14.3. The number of pyridine rings is 1. The number of aromatic amines is 1. The van der Waals surface area contributed by atoms with E-state index in [2.05, 4.69) is 15.3 Å². The Kier molecular flexibility index (Phi) is 4.77. The summed E-state index contributed by atoms with van der Waals surface area (Å²) in [5.41, 5.74) is 1.08. The second-order valence-electron chi connectivity index (χ2n) is 5.75. The molecule has 1 aromatic carbocycles. The van der Waals surface area contributed by atoms with Crippen molar-refractivity contribution in [2.24, 2.45) is 0 Å². The van der Waals surface area contributed by atoms with Gasteiger partial charge in [-0.05, 0) is 36.4 Å². The molecule has 0 aliphatic rings. The molecule has 3 aromatic heterocycles. The predicted octanol–water partition coefficient (Wildman–Crippen LogP) is 3.84. The van der Waals surface area contributed by atoms with Gasteiger partial charge in [0.15, 0.2) is 23.3 Å². The summed E-state index contributed by atoms with van der Waals surface area (Å²) in [4.78, 5) is 32.8. The number of halogens is 1. The van der Waals surface area contributed by atoms with E-state index in [0.717, 1.165) is 11.3 Å². The monoisotopic (exact) mass is 394 g/mol. The van der Waals surface area contributed by atoms with Crippen molar-refractivity contribution in [1.29, 1.82) is 0 Å². The first-order valence-electron chi connectivity index (χ1n) is 8.24. The number of anilines is 1. The molecule has 0 atom stereocenters. The van der Waals surface area contributed by atoms with E-state index in [1.807, 2.05) is 0 Å². The molecule has 6 nitrogen and oxygen atoms in total. The van der Waals surface area contributed by atoms with Crippen LogP contribution in [0.15, 0.2) is 71.6 Å². The molecule has 0 radical (unpaired) electrons. The number of thiazole rings is 1. The highest BCUT2D eigenvalue weighted by Gasteiger charge is 2.23. The van der Waals surface area contributed by atoms with Gasteiger partial charge in [0.25, 0.3) is 5.91 Å². The third kappa shape index (κ3) is 3.58. The summed E-state index contributed by atoms with van der Waals surface area (Å²) < 4.78 is 18.6. The molecular weight excluding hydrogens is 381 g/mol. The Morgan fingerprint density at radius 1 is 1.04 bits per heavy atom. The molecule has 4 rings (SSSR count). The topological polar surface area (TPSA) is 86.3 Å². The molecule has 0 spiro atoms. The summed E-state index contributed by atoms with van der Waals surface area (Å²) in [7, 11) is 0. The molecule has 2 N–H and O–H groups in total. The van der Waals surface area contributed by atoms with Crippen molar-refractivity contribution in [1.82, 2.24) is 4.98 Å². The number of aromatic nitrogens is 2. The molecular formula is C20H13FN3O3S+. The maximum atomic E-state index is 13.2. The third-order valence-corrected chi connectivity index (χ3v) is 4.86. The lowest BCUT2D eigenvalue weighted by Gasteiger charge is -2.00. The minimum Gasteiger partial charge on any atom is -0.463 e. The molecule has 0 fully saturated rings. The van der Waals surface area contributed by atoms with Gasteiger partial charge in [0.05, 0.1) is 11.8 Å². The first kappa shape index (κ1) is 17.7. The zero-order chi connectivity index (χ0) is 19.5. The zero-order valence-corrected chi connectivity index (χ0v) is 15.1. The average molecular weight is 394 g/mol. The van der Waals surface area contributed by atoms with E-state index in [1.165, 1.54) is 30.5 Å². The number of amides is 1. The van der Waals surface area contributed by atoms with Gasteiger partial charge in [-0.2, -0.15) is 0 Å². The smallest absolute Gasteiger partial charge is 0.257 e. The van der Waals surface area contributed by atoms with E-state index >= 15 is 0 Å². The summed E-state index contributed by atoms with van der Waals surface area (Å²) in [5, 5.41) is 2.96. The van der Waals surface area contributed by atoms with Gasteiger partial charge in [0.1, 0.15) is 16.4 Å². The fraction of sp³-hybridized carbons (Fsp3) is 0. The predicted molar refractivity (Wildman–Crippen MR) is 101 cm³/mol. The number of benzene rings is 1. The van der Waals surface area contributed by atoms with Gasteiger partial charge in [0.2, 0.25) is 5.78 Å². The van der Waals surface area contributed by atoms with Crippen molar-refractivity contribution in [3.05, 3.63) is 89.0 Å². The summed E-state index contributed by atoms with van der Waals surface area (Å²) >= 11 is 1.03. The second-order valence-corrected chi connectivity index (χ2v) is 6.75. The summed E-state index contributed by atoms with van der Waals surface area (Å²) in [5.74, 6) is -0.718. The SMILES string of the molecule is O=C(Nc1nc(-c2ccco2)c(C(=O)c2ccc(F)cc2)s1)c1cc[nH+]cc1. The number of hydrogen-bond donors (Lipinski definition) is 1. The van der Waals surface area contributed by atoms with Gasteiger partial charge in [0, 0.05) is 17.7 Å². The molecule has 0 saturated heterocycles. The van der Waals surface area contributed by atoms with Gasteiger partial charge in [-0.25, -0.2) is 14.4 Å². The fourth-order valence-corrected chi connectivity index (χ4v) is 3.48. The van der Waals surface area contributed by atoms with E-state index in [0.29, 0.717) is 27.5 Å². The molecule has 1 amide bonds. The van der Waals surface area contributed by atoms with Crippen LogP contribution in [0.2, 0.25) is 0 Å². The summed E-state index contributed by atoms with van der Waals surface area (Å²) in [6, 6.07) is 11.9. The van der Waals surface area contributed by atoms with Crippen LogP contribution in [0, 0.1) is 5.82 Å². The van der Waals surface area contributed by atoms with Crippen LogP contribution in [0.25, 0.3) is 11.5 Å². The van der Waals surface area contributed by atoms with Crippen LogP contribution >= 0.6 is 11.3 Å². The Labute approximate surface area is 162 Å². The number of carbonyl (C=O) groups excluding carboxylic acids is 2. The van der Waals surface area contributed by atoms with Gasteiger partial charge in [-0.3, -0.25) is 14.9 Å². The molecule has 138 valence electrons. The Morgan fingerprint density at radius 3 is 2.46 bits per heavy atom.